The summed E-state index contributed by atoms with van der Waals surface area (Å²) in [5, 5.41) is 3.36. The normalized spacial score (nSPS) is 28.9. The molecule has 118 valence electrons. The van der Waals surface area contributed by atoms with Crippen LogP contribution in [-0.4, -0.2) is 37.6 Å². The monoisotopic (exact) mass is 280 g/mol. The van der Waals surface area contributed by atoms with Gasteiger partial charge in [-0.2, -0.15) is 0 Å². The average molecular weight is 280 g/mol. The summed E-state index contributed by atoms with van der Waals surface area (Å²) in [5.41, 5.74) is 0. The molecule has 0 aromatic rings. The van der Waals surface area contributed by atoms with Crippen molar-refractivity contribution in [3.05, 3.63) is 0 Å². The Morgan fingerprint density at radius 1 is 0.800 bits per heavy atom. The Morgan fingerprint density at radius 3 is 1.90 bits per heavy atom. The van der Waals surface area contributed by atoms with Gasteiger partial charge in [0, 0.05) is 12.6 Å². The number of likely N-dealkylation sites (tertiary alicyclic amines) is 1. The van der Waals surface area contributed by atoms with Crippen molar-refractivity contribution in [1.29, 1.82) is 0 Å². The van der Waals surface area contributed by atoms with E-state index in [0.717, 1.165) is 12.0 Å². The van der Waals surface area contributed by atoms with E-state index in [9.17, 15) is 0 Å². The largest absolute Gasteiger partial charge is 0.319 e. The van der Waals surface area contributed by atoms with Crippen molar-refractivity contribution in [2.45, 2.75) is 83.1 Å². The van der Waals surface area contributed by atoms with Gasteiger partial charge in [-0.3, -0.25) is 0 Å². The maximum Gasteiger partial charge on any atom is 0.00953 e. The minimum absolute atomic E-state index is 0.899. The minimum Gasteiger partial charge on any atom is -0.319 e. The predicted molar refractivity (Wildman–Crippen MR) is 88.2 cm³/mol. The first-order valence-electron chi connectivity index (χ1n) is 9.29. The molecule has 20 heavy (non-hydrogen) atoms. The van der Waals surface area contributed by atoms with Crippen molar-refractivity contribution in [3.63, 3.8) is 0 Å². The number of hydrogen-bond acceptors (Lipinski definition) is 2. The summed E-state index contributed by atoms with van der Waals surface area (Å²) < 4.78 is 0. The molecule has 1 unspecified atom stereocenters. The van der Waals surface area contributed by atoms with Gasteiger partial charge in [-0.05, 0) is 45.3 Å². The molecular weight excluding hydrogens is 244 g/mol. The number of nitrogens with one attached hydrogen (secondary N) is 1. The molecule has 0 amide bonds. The Hall–Kier alpha value is -0.0800. The third-order valence-corrected chi connectivity index (χ3v) is 5.40. The molecule has 1 atom stereocenters. The lowest BCUT2D eigenvalue weighted by Crippen LogP contribution is -2.34. The van der Waals surface area contributed by atoms with Gasteiger partial charge >= 0.3 is 0 Å². The molecule has 0 aromatic carbocycles. The van der Waals surface area contributed by atoms with Gasteiger partial charge in [0.05, 0.1) is 0 Å². The first-order valence-corrected chi connectivity index (χ1v) is 9.29. The summed E-state index contributed by atoms with van der Waals surface area (Å²) in [4.78, 5) is 2.83. The van der Waals surface area contributed by atoms with E-state index in [4.69, 9.17) is 0 Å². The molecule has 2 nitrogen and oxygen atoms in total. The molecular formula is C18H36N2. The molecule has 1 heterocycles. The van der Waals surface area contributed by atoms with E-state index in [0.29, 0.717) is 0 Å². The molecule has 1 saturated heterocycles. The molecule has 1 N–H and O–H groups in total. The first kappa shape index (κ1) is 16.3. The van der Waals surface area contributed by atoms with E-state index in [1.165, 1.54) is 96.7 Å². The van der Waals surface area contributed by atoms with Crippen LogP contribution in [0.25, 0.3) is 0 Å². The fourth-order valence-electron chi connectivity index (χ4n) is 4.16. The highest BCUT2D eigenvalue weighted by Crippen LogP contribution is 2.25. The first-order chi connectivity index (χ1) is 9.90. The summed E-state index contributed by atoms with van der Waals surface area (Å²) in [5.74, 6) is 0.904. The Morgan fingerprint density at radius 2 is 1.35 bits per heavy atom. The van der Waals surface area contributed by atoms with Gasteiger partial charge in [0.1, 0.15) is 0 Å². The van der Waals surface area contributed by atoms with Crippen LogP contribution in [0, 0.1) is 5.92 Å². The third-order valence-electron chi connectivity index (χ3n) is 5.40. The molecule has 0 aromatic heterocycles. The summed E-state index contributed by atoms with van der Waals surface area (Å²) in [6, 6.07) is 0.899. The number of rotatable bonds is 3. The number of nitrogens with zero attached hydrogens (tertiary/aromatic N) is 1. The van der Waals surface area contributed by atoms with Gasteiger partial charge < -0.3 is 10.2 Å². The molecule has 1 saturated carbocycles. The van der Waals surface area contributed by atoms with Crippen molar-refractivity contribution in [3.8, 4) is 0 Å². The lowest BCUT2D eigenvalue weighted by molar-refractivity contribution is 0.201. The van der Waals surface area contributed by atoms with E-state index < -0.39 is 0 Å². The SMILES string of the molecule is CNCC1CCN(C2CCCCCCCCCCC2)C1. The molecule has 0 radical (unpaired) electrons. The molecule has 2 fully saturated rings. The smallest absolute Gasteiger partial charge is 0.00953 e. The third kappa shape index (κ3) is 5.73. The highest BCUT2D eigenvalue weighted by atomic mass is 15.2. The van der Waals surface area contributed by atoms with Crippen LogP contribution >= 0.6 is 0 Å². The zero-order chi connectivity index (χ0) is 14.0. The zero-order valence-electron chi connectivity index (χ0n) is 13.7. The van der Waals surface area contributed by atoms with Crippen LogP contribution in [0.15, 0.2) is 0 Å². The zero-order valence-corrected chi connectivity index (χ0v) is 13.7. The fraction of sp³-hybridized carbons (Fsp3) is 1.00. The Labute approximate surface area is 126 Å². The van der Waals surface area contributed by atoms with Crippen molar-refractivity contribution in [1.82, 2.24) is 10.2 Å². The van der Waals surface area contributed by atoms with Gasteiger partial charge in [-0.1, -0.05) is 57.8 Å². The standard InChI is InChI=1S/C18H36N2/c1-19-15-17-13-14-20(16-17)18-11-9-7-5-3-2-4-6-8-10-12-18/h17-19H,2-16H2,1H3. The quantitative estimate of drug-likeness (QED) is 0.833. The van der Waals surface area contributed by atoms with Crippen LogP contribution in [0.5, 0.6) is 0 Å². The van der Waals surface area contributed by atoms with Crippen molar-refractivity contribution >= 4 is 0 Å². The van der Waals surface area contributed by atoms with Crippen molar-refractivity contribution in [2.75, 3.05) is 26.7 Å². The van der Waals surface area contributed by atoms with Gasteiger partial charge in [0.25, 0.3) is 0 Å². The molecule has 0 bridgehead atoms. The molecule has 2 heteroatoms. The second-order valence-corrected chi connectivity index (χ2v) is 7.12. The van der Waals surface area contributed by atoms with Crippen LogP contribution in [-0.2, 0) is 0 Å². The second kappa shape index (κ2) is 9.78. The van der Waals surface area contributed by atoms with E-state index in [-0.39, 0.29) is 0 Å². The molecule has 0 spiro atoms. The Balaban J connectivity index is 1.77. The molecule has 1 aliphatic heterocycles. The Kier molecular flexibility index (Phi) is 7.97. The number of hydrogen-bond donors (Lipinski definition) is 1. The summed E-state index contributed by atoms with van der Waals surface area (Å²) in [7, 11) is 2.10. The van der Waals surface area contributed by atoms with E-state index >= 15 is 0 Å². The minimum atomic E-state index is 0.899. The van der Waals surface area contributed by atoms with Gasteiger partial charge in [0.15, 0.2) is 0 Å². The highest BCUT2D eigenvalue weighted by molar-refractivity contribution is 4.82. The van der Waals surface area contributed by atoms with Crippen LogP contribution in [0.3, 0.4) is 0 Å². The lowest BCUT2D eigenvalue weighted by atomic mass is 9.97. The van der Waals surface area contributed by atoms with E-state index in [2.05, 4.69) is 17.3 Å². The van der Waals surface area contributed by atoms with E-state index in [1.54, 1.807) is 0 Å². The van der Waals surface area contributed by atoms with Crippen LogP contribution in [0.2, 0.25) is 0 Å². The highest BCUT2D eigenvalue weighted by Gasteiger charge is 2.27. The van der Waals surface area contributed by atoms with Gasteiger partial charge in [-0.25, -0.2) is 0 Å². The molecule has 2 rings (SSSR count). The Bertz CT molecular complexity index is 230. The summed E-state index contributed by atoms with van der Waals surface area (Å²) in [6.07, 6.45) is 17.7. The molecule has 1 aliphatic carbocycles. The van der Waals surface area contributed by atoms with Crippen LogP contribution < -0.4 is 5.32 Å². The second-order valence-electron chi connectivity index (χ2n) is 7.12. The van der Waals surface area contributed by atoms with Crippen LogP contribution in [0.1, 0.15) is 77.0 Å². The predicted octanol–water partition coefficient (Wildman–Crippen LogP) is 4.20. The average Bonchev–Trinajstić information content (AvgIpc) is 2.88. The molecule has 2 aliphatic rings. The van der Waals surface area contributed by atoms with Gasteiger partial charge in [0.2, 0.25) is 0 Å². The van der Waals surface area contributed by atoms with Crippen molar-refractivity contribution in [2.24, 2.45) is 5.92 Å². The maximum atomic E-state index is 3.36. The summed E-state index contributed by atoms with van der Waals surface area (Å²) in [6.45, 7) is 3.92. The van der Waals surface area contributed by atoms with E-state index in [1.807, 2.05) is 0 Å². The van der Waals surface area contributed by atoms with Crippen molar-refractivity contribution < 1.29 is 0 Å². The van der Waals surface area contributed by atoms with Crippen LogP contribution in [0.4, 0.5) is 0 Å². The summed E-state index contributed by atoms with van der Waals surface area (Å²) >= 11 is 0. The lowest BCUT2D eigenvalue weighted by Gasteiger charge is -2.28. The fourth-order valence-corrected chi connectivity index (χ4v) is 4.16. The van der Waals surface area contributed by atoms with Gasteiger partial charge in [-0.15, -0.1) is 0 Å². The maximum absolute atomic E-state index is 3.36. The topological polar surface area (TPSA) is 15.3 Å².